The molecule has 1 amide bonds. The second-order valence-electron chi connectivity index (χ2n) is 8.01. The predicted octanol–water partition coefficient (Wildman–Crippen LogP) is 3.36. The monoisotopic (exact) mass is 439 g/mol. The number of rotatable bonds is 5. The molecule has 0 bridgehead atoms. The number of para-hydroxylation sites is 1. The molecule has 2 saturated heterocycles. The molecule has 0 unspecified atom stereocenters. The van der Waals surface area contributed by atoms with Crippen LogP contribution in [0.2, 0.25) is 5.02 Å². The highest BCUT2D eigenvalue weighted by Crippen LogP contribution is 2.26. The number of hydrogen-bond acceptors (Lipinski definition) is 3. The van der Waals surface area contributed by atoms with Crippen molar-refractivity contribution < 1.29 is 4.79 Å². The zero-order chi connectivity index (χ0) is 21.6. The van der Waals surface area contributed by atoms with Gasteiger partial charge in [0.15, 0.2) is 5.96 Å². The van der Waals surface area contributed by atoms with Gasteiger partial charge in [-0.15, -0.1) is 0 Å². The minimum Gasteiger partial charge on any atom is -0.367 e. The summed E-state index contributed by atoms with van der Waals surface area (Å²) in [6.45, 7) is 5.80. The topological polar surface area (TPSA) is 51.2 Å². The molecule has 2 heterocycles. The lowest BCUT2D eigenvalue weighted by atomic mass is 10.1. The highest BCUT2D eigenvalue weighted by atomic mass is 35.5. The van der Waals surface area contributed by atoms with Crippen molar-refractivity contribution in [3.63, 3.8) is 0 Å². The lowest BCUT2D eigenvalue weighted by molar-refractivity contribution is -0.128. The summed E-state index contributed by atoms with van der Waals surface area (Å²) in [5, 5.41) is 4.32. The van der Waals surface area contributed by atoms with Crippen LogP contribution in [0.4, 0.5) is 5.69 Å². The van der Waals surface area contributed by atoms with E-state index in [1.807, 2.05) is 36.2 Å². The smallest absolute Gasteiger partial charge is 0.222 e. The molecule has 0 saturated carbocycles. The van der Waals surface area contributed by atoms with Crippen molar-refractivity contribution in [3.05, 3.63) is 64.7 Å². The largest absolute Gasteiger partial charge is 0.367 e. The molecule has 2 aliphatic heterocycles. The average Bonchev–Trinajstić information content (AvgIpc) is 3.20. The molecule has 2 fully saturated rings. The van der Waals surface area contributed by atoms with E-state index in [9.17, 15) is 4.79 Å². The van der Waals surface area contributed by atoms with Gasteiger partial charge < -0.3 is 20.0 Å². The Morgan fingerprint density at radius 2 is 1.71 bits per heavy atom. The zero-order valence-electron chi connectivity index (χ0n) is 18.1. The maximum Gasteiger partial charge on any atom is 0.222 e. The molecule has 0 radical (unpaired) electrons. The van der Waals surface area contributed by atoms with Crippen molar-refractivity contribution in [1.82, 2.24) is 15.1 Å². The van der Waals surface area contributed by atoms with Crippen molar-refractivity contribution >= 4 is 29.2 Å². The van der Waals surface area contributed by atoms with Gasteiger partial charge in [-0.25, -0.2) is 0 Å². The molecule has 4 rings (SSSR count). The molecule has 164 valence electrons. The second kappa shape index (κ2) is 10.1. The van der Waals surface area contributed by atoms with E-state index in [1.54, 1.807) is 0 Å². The van der Waals surface area contributed by atoms with E-state index < -0.39 is 0 Å². The fourth-order valence-electron chi connectivity index (χ4n) is 4.33. The predicted molar refractivity (Wildman–Crippen MR) is 127 cm³/mol. The molecular weight excluding hydrogens is 410 g/mol. The molecule has 2 aromatic rings. The second-order valence-corrected chi connectivity index (χ2v) is 8.42. The van der Waals surface area contributed by atoms with Crippen LogP contribution in [-0.4, -0.2) is 61.4 Å². The summed E-state index contributed by atoms with van der Waals surface area (Å²) < 4.78 is 0. The van der Waals surface area contributed by atoms with E-state index in [2.05, 4.69) is 44.4 Å². The number of anilines is 1. The molecule has 7 heteroatoms. The number of likely N-dealkylation sites (tertiary alicyclic amines) is 1. The third-order valence-electron chi connectivity index (χ3n) is 6.07. The van der Waals surface area contributed by atoms with Crippen molar-refractivity contribution in [2.75, 3.05) is 44.7 Å². The number of nitrogens with one attached hydrogen (secondary N) is 1. The van der Waals surface area contributed by atoms with Gasteiger partial charge in [0.05, 0.1) is 10.7 Å². The summed E-state index contributed by atoms with van der Waals surface area (Å²) >= 11 is 6.37. The lowest BCUT2D eigenvalue weighted by Gasteiger charge is -2.38. The molecule has 2 aliphatic rings. The van der Waals surface area contributed by atoms with Crippen LogP contribution in [0.5, 0.6) is 0 Å². The maximum atomic E-state index is 12.0. The number of carbonyl (C=O) groups is 1. The molecule has 6 nitrogen and oxygen atoms in total. The Balaban J connectivity index is 1.35. The third kappa shape index (κ3) is 5.13. The van der Waals surface area contributed by atoms with Gasteiger partial charge in [-0.3, -0.25) is 9.79 Å². The number of guanidine groups is 1. The quantitative estimate of drug-likeness (QED) is 0.573. The van der Waals surface area contributed by atoms with Gasteiger partial charge in [-0.2, -0.15) is 0 Å². The molecular formula is C24H30ClN5O. The minimum atomic E-state index is 0.259. The van der Waals surface area contributed by atoms with Crippen LogP contribution in [0.1, 0.15) is 24.0 Å². The molecule has 0 aromatic heterocycles. The van der Waals surface area contributed by atoms with Gasteiger partial charge in [0.1, 0.15) is 0 Å². The number of piperazine rings is 1. The van der Waals surface area contributed by atoms with Crippen LogP contribution >= 0.6 is 11.6 Å². The zero-order valence-corrected chi connectivity index (χ0v) is 18.8. The van der Waals surface area contributed by atoms with Gasteiger partial charge in [0.2, 0.25) is 5.91 Å². The minimum absolute atomic E-state index is 0.259. The number of hydrogen-bond donors (Lipinski definition) is 1. The van der Waals surface area contributed by atoms with Crippen LogP contribution in [0.3, 0.4) is 0 Å². The fourth-order valence-corrected chi connectivity index (χ4v) is 4.59. The number of benzene rings is 2. The molecule has 0 atom stereocenters. The SMILES string of the molecule is CN=C(NCc1ccccc1CN1CCCC1=O)N1CCN(c2ccccc2Cl)CC1. The van der Waals surface area contributed by atoms with E-state index >= 15 is 0 Å². The summed E-state index contributed by atoms with van der Waals surface area (Å²) in [6.07, 6.45) is 1.64. The Labute approximate surface area is 189 Å². The summed E-state index contributed by atoms with van der Waals surface area (Å²) in [5.74, 6) is 1.17. The number of aliphatic imine (C=N–C) groups is 1. The molecule has 0 aliphatic carbocycles. The Bertz CT molecular complexity index is 939. The fraction of sp³-hybridized carbons (Fsp3) is 0.417. The highest BCUT2D eigenvalue weighted by Gasteiger charge is 2.22. The Morgan fingerprint density at radius 3 is 2.39 bits per heavy atom. The summed E-state index contributed by atoms with van der Waals surface area (Å²) in [4.78, 5) is 23.1. The average molecular weight is 440 g/mol. The first-order valence-corrected chi connectivity index (χ1v) is 11.3. The van der Waals surface area contributed by atoms with E-state index in [0.29, 0.717) is 19.5 Å². The van der Waals surface area contributed by atoms with Gasteiger partial charge in [-0.1, -0.05) is 48.0 Å². The standard InChI is InChI=1S/C24H30ClN5O/c1-26-24(29-15-13-28(14-16-29)22-10-5-4-9-21(22)25)27-17-19-7-2-3-8-20(19)18-30-12-6-11-23(30)31/h2-5,7-10H,6,11-18H2,1H3,(H,26,27). The molecule has 2 aromatic carbocycles. The van der Waals surface area contributed by atoms with Gasteiger partial charge in [-0.05, 0) is 29.7 Å². The number of nitrogens with zero attached hydrogens (tertiary/aromatic N) is 4. The Morgan fingerprint density at radius 1 is 1.00 bits per heavy atom. The maximum absolute atomic E-state index is 12.0. The van der Waals surface area contributed by atoms with Crippen molar-refractivity contribution in [2.24, 2.45) is 4.99 Å². The number of carbonyl (C=O) groups excluding carboxylic acids is 1. The lowest BCUT2D eigenvalue weighted by Crippen LogP contribution is -2.52. The highest BCUT2D eigenvalue weighted by molar-refractivity contribution is 6.33. The Hall–Kier alpha value is -2.73. The van der Waals surface area contributed by atoms with Gasteiger partial charge >= 0.3 is 0 Å². The van der Waals surface area contributed by atoms with E-state index in [4.69, 9.17) is 11.6 Å². The third-order valence-corrected chi connectivity index (χ3v) is 6.39. The molecule has 1 N–H and O–H groups in total. The van der Waals surface area contributed by atoms with Crippen LogP contribution in [-0.2, 0) is 17.9 Å². The Kier molecular flexibility index (Phi) is 6.97. The van der Waals surface area contributed by atoms with Crippen LogP contribution in [0.15, 0.2) is 53.5 Å². The first kappa shape index (κ1) is 21.5. The number of halogens is 1. The first-order chi connectivity index (χ1) is 15.2. The van der Waals surface area contributed by atoms with E-state index in [0.717, 1.165) is 55.8 Å². The number of amides is 1. The van der Waals surface area contributed by atoms with Crippen molar-refractivity contribution in [3.8, 4) is 0 Å². The van der Waals surface area contributed by atoms with Gasteiger partial charge in [0, 0.05) is 59.3 Å². The molecule has 31 heavy (non-hydrogen) atoms. The summed E-state index contributed by atoms with van der Waals surface area (Å²) in [5.41, 5.74) is 3.50. The molecule has 0 spiro atoms. The van der Waals surface area contributed by atoms with Crippen LogP contribution in [0, 0.1) is 0 Å². The first-order valence-electron chi connectivity index (χ1n) is 11.0. The van der Waals surface area contributed by atoms with Crippen molar-refractivity contribution in [1.29, 1.82) is 0 Å². The normalized spacial score (nSPS) is 17.4. The van der Waals surface area contributed by atoms with Crippen LogP contribution in [0.25, 0.3) is 0 Å². The van der Waals surface area contributed by atoms with E-state index in [1.165, 1.54) is 11.1 Å². The summed E-state index contributed by atoms with van der Waals surface area (Å²) in [6, 6.07) is 16.4. The van der Waals surface area contributed by atoms with Crippen molar-refractivity contribution in [2.45, 2.75) is 25.9 Å². The van der Waals surface area contributed by atoms with E-state index in [-0.39, 0.29) is 5.91 Å². The summed E-state index contributed by atoms with van der Waals surface area (Å²) in [7, 11) is 1.83. The van der Waals surface area contributed by atoms with Crippen LogP contribution < -0.4 is 10.2 Å². The van der Waals surface area contributed by atoms with Gasteiger partial charge in [0.25, 0.3) is 0 Å².